The van der Waals surface area contributed by atoms with Gasteiger partial charge in [-0.05, 0) is 108 Å². The van der Waals surface area contributed by atoms with Crippen molar-refractivity contribution in [2.75, 3.05) is 0 Å². The second kappa shape index (κ2) is 11.9. The molecule has 1 heterocycles. The molecule has 0 aliphatic heterocycles. The van der Waals surface area contributed by atoms with Crippen molar-refractivity contribution in [3.8, 4) is 44.5 Å². The van der Waals surface area contributed by atoms with E-state index in [4.69, 9.17) is 4.42 Å². The highest BCUT2D eigenvalue weighted by molar-refractivity contribution is 6.24. The highest BCUT2D eigenvalue weighted by Crippen LogP contribution is 2.46. The van der Waals surface area contributed by atoms with Crippen molar-refractivity contribution >= 4 is 54.3 Å². The lowest BCUT2D eigenvalue weighted by atomic mass is 9.84. The van der Waals surface area contributed by atoms with E-state index >= 15 is 0 Å². The highest BCUT2D eigenvalue weighted by atomic mass is 16.3. The van der Waals surface area contributed by atoms with Crippen molar-refractivity contribution in [3.05, 3.63) is 181 Å². The number of aryl methyl sites for hydroxylation is 1. The summed E-state index contributed by atoms with van der Waals surface area (Å²) in [5.74, 6) is 0. The van der Waals surface area contributed by atoms with Gasteiger partial charge in [-0.1, -0.05) is 159 Å². The van der Waals surface area contributed by atoms with Gasteiger partial charge in [0.05, 0.1) is 0 Å². The first kappa shape index (κ1) is 29.5. The van der Waals surface area contributed by atoms with Gasteiger partial charge in [0.1, 0.15) is 11.2 Å². The molecule has 1 nitrogen and oxygen atoms in total. The Labute approximate surface area is 297 Å². The molecule has 0 atom stereocenters. The fourth-order valence-electron chi connectivity index (χ4n) is 8.31. The molecule has 1 heteroatoms. The number of furan rings is 1. The maximum atomic E-state index is 6.71. The molecule has 0 N–H and O–H groups in total. The third-order valence-electron chi connectivity index (χ3n) is 10.6. The Kier molecular flexibility index (Phi) is 6.85. The molecule has 9 aromatic carbocycles. The second-order valence-corrected chi connectivity index (χ2v) is 13.5. The van der Waals surface area contributed by atoms with Crippen LogP contribution in [-0.2, 0) is 6.42 Å². The van der Waals surface area contributed by atoms with E-state index in [1.807, 2.05) is 0 Å². The van der Waals surface area contributed by atoms with Crippen LogP contribution in [-0.4, -0.2) is 0 Å². The Morgan fingerprint density at radius 2 is 0.961 bits per heavy atom. The van der Waals surface area contributed by atoms with Crippen LogP contribution >= 0.6 is 0 Å². The maximum absolute atomic E-state index is 6.71. The van der Waals surface area contributed by atoms with Crippen LogP contribution < -0.4 is 0 Å². The average molecular weight is 651 g/mol. The van der Waals surface area contributed by atoms with Crippen molar-refractivity contribution in [1.29, 1.82) is 0 Å². The monoisotopic (exact) mass is 650 g/mol. The second-order valence-electron chi connectivity index (χ2n) is 13.5. The molecule has 0 saturated carbocycles. The summed E-state index contributed by atoms with van der Waals surface area (Å²) in [5.41, 5.74) is 12.8. The summed E-state index contributed by atoms with van der Waals surface area (Å²) in [7, 11) is 0. The number of fused-ring (bicyclic) bond motifs is 7. The fraction of sp³-hybridized carbons (Fsp3) is 0.0400. The Hall–Kier alpha value is -6.44. The van der Waals surface area contributed by atoms with Gasteiger partial charge in [-0.2, -0.15) is 0 Å². The van der Waals surface area contributed by atoms with Gasteiger partial charge in [0.15, 0.2) is 0 Å². The predicted molar refractivity (Wildman–Crippen MR) is 217 cm³/mol. The zero-order valence-electron chi connectivity index (χ0n) is 28.4. The van der Waals surface area contributed by atoms with E-state index in [1.54, 1.807) is 0 Å². The van der Waals surface area contributed by atoms with Crippen LogP contribution in [0.25, 0.3) is 98.8 Å². The summed E-state index contributed by atoms with van der Waals surface area (Å²) in [5, 5.41) is 9.94. The lowest BCUT2D eigenvalue weighted by Crippen LogP contribution is -1.92. The Morgan fingerprint density at radius 1 is 0.392 bits per heavy atom. The van der Waals surface area contributed by atoms with E-state index in [0.717, 1.165) is 28.7 Å². The number of benzene rings is 9. The lowest BCUT2D eigenvalue weighted by Gasteiger charge is -2.19. The topological polar surface area (TPSA) is 13.1 Å². The van der Waals surface area contributed by atoms with E-state index in [2.05, 4.69) is 183 Å². The molecule has 10 rings (SSSR count). The van der Waals surface area contributed by atoms with Crippen LogP contribution in [0.4, 0.5) is 0 Å². The summed E-state index contributed by atoms with van der Waals surface area (Å²) in [6, 6.07) is 64.0. The van der Waals surface area contributed by atoms with Gasteiger partial charge in [0, 0.05) is 16.3 Å². The van der Waals surface area contributed by atoms with Gasteiger partial charge in [0.25, 0.3) is 0 Å². The smallest absolute Gasteiger partial charge is 0.143 e. The van der Waals surface area contributed by atoms with E-state index in [9.17, 15) is 0 Å². The molecule has 0 bridgehead atoms. The van der Waals surface area contributed by atoms with Crippen molar-refractivity contribution in [3.63, 3.8) is 0 Å². The molecular formula is C50H34O. The van der Waals surface area contributed by atoms with Gasteiger partial charge < -0.3 is 4.42 Å². The maximum Gasteiger partial charge on any atom is 0.143 e. The fourth-order valence-corrected chi connectivity index (χ4v) is 8.31. The first-order valence-electron chi connectivity index (χ1n) is 17.8. The van der Waals surface area contributed by atoms with E-state index in [-0.39, 0.29) is 0 Å². The SMILES string of the molecule is CCc1cccc2cc(-c3cccc(-c4ccc5c(-c6ccccc6)c6ccccc6c(-c6ccccc6)c5c4)c3)c3oc4ccccc4c3c12. The summed E-state index contributed by atoms with van der Waals surface area (Å²) in [6.45, 7) is 2.23. The zero-order valence-corrected chi connectivity index (χ0v) is 28.4. The number of para-hydroxylation sites is 1. The molecular weight excluding hydrogens is 617 g/mol. The lowest BCUT2D eigenvalue weighted by molar-refractivity contribution is 0.670. The van der Waals surface area contributed by atoms with Crippen LogP contribution in [0.15, 0.2) is 180 Å². The van der Waals surface area contributed by atoms with Gasteiger partial charge >= 0.3 is 0 Å². The van der Waals surface area contributed by atoms with Gasteiger partial charge in [-0.15, -0.1) is 0 Å². The summed E-state index contributed by atoms with van der Waals surface area (Å²) < 4.78 is 6.71. The normalized spacial score (nSPS) is 11.7. The predicted octanol–water partition coefficient (Wildman–Crippen LogP) is 14.3. The number of rotatable bonds is 5. The van der Waals surface area contributed by atoms with E-state index < -0.39 is 0 Å². The minimum atomic E-state index is 0.924. The molecule has 0 aliphatic rings. The summed E-state index contributed by atoms with van der Waals surface area (Å²) in [6.07, 6.45) is 0.967. The first-order valence-corrected chi connectivity index (χ1v) is 17.8. The first-order chi connectivity index (χ1) is 25.3. The molecule has 1 aromatic heterocycles. The zero-order chi connectivity index (χ0) is 33.9. The largest absolute Gasteiger partial charge is 0.455 e. The van der Waals surface area contributed by atoms with Gasteiger partial charge in [-0.25, -0.2) is 0 Å². The molecule has 0 amide bonds. The molecule has 10 aromatic rings. The molecule has 51 heavy (non-hydrogen) atoms. The number of hydrogen-bond acceptors (Lipinski definition) is 1. The van der Waals surface area contributed by atoms with Gasteiger partial charge in [0.2, 0.25) is 0 Å². The molecule has 0 aliphatic carbocycles. The third kappa shape index (κ3) is 4.70. The molecule has 0 spiro atoms. The van der Waals surface area contributed by atoms with Crippen molar-refractivity contribution in [2.24, 2.45) is 0 Å². The molecule has 240 valence electrons. The van der Waals surface area contributed by atoms with Crippen molar-refractivity contribution < 1.29 is 4.42 Å². The van der Waals surface area contributed by atoms with E-state index in [1.165, 1.54) is 82.0 Å². The quantitative estimate of drug-likeness (QED) is 0.169. The summed E-state index contributed by atoms with van der Waals surface area (Å²) >= 11 is 0. The molecule has 0 unspecified atom stereocenters. The van der Waals surface area contributed by atoms with Gasteiger partial charge in [-0.3, -0.25) is 0 Å². The van der Waals surface area contributed by atoms with Crippen LogP contribution in [0.1, 0.15) is 12.5 Å². The Morgan fingerprint density at radius 3 is 1.69 bits per heavy atom. The Bertz CT molecular complexity index is 2930. The Balaban J connectivity index is 1.23. The average Bonchev–Trinajstić information content (AvgIpc) is 3.59. The standard InChI is InChI=1S/C50H34O/c1-2-32-19-13-22-38-31-43(50-49(46(32)38)42-25-11-12-26-45(42)51-50)37-21-14-20-35(29-37)36-27-28-41-44(30-36)48(34-17-7-4-8-18-34)40-24-10-9-23-39(40)47(41)33-15-5-3-6-16-33/h3-31H,2H2,1H3. The van der Waals surface area contributed by atoms with Crippen LogP contribution in [0, 0.1) is 0 Å². The minimum Gasteiger partial charge on any atom is -0.455 e. The minimum absolute atomic E-state index is 0.924. The highest BCUT2D eigenvalue weighted by Gasteiger charge is 2.20. The van der Waals surface area contributed by atoms with E-state index in [0.29, 0.717) is 0 Å². The van der Waals surface area contributed by atoms with Crippen LogP contribution in [0.3, 0.4) is 0 Å². The number of hydrogen-bond donors (Lipinski definition) is 0. The summed E-state index contributed by atoms with van der Waals surface area (Å²) in [4.78, 5) is 0. The van der Waals surface area contributed by atoms with Crippen LogP contribution in [0.5, 0.6) is 0 Å². The third-order valence-corrected chi connectivity index (χ3v) is 10.6. The van der Waals surface area contributed by atoms with Crippen LogP contribution in [0.2, 0.25) is 0 Å². The molecule has 0 radical (unpaired) electrons. The van der Waals surface area contributed by atoms with Crippen molar-refractivity contribution in [1.82, 2.24) is 0 Å². The molecule has 0 saturated heterocycles. The van der Waals surface area contributed by atoms with Crippen molar-refractivity contribution in [2.45, 2.75) is 13.3 Å². The molecule has 0 fully saturated rings.